The van der Waals surface area contributed by atoms with Gasteiger partial charge < -0.3 is 9.26 Å². The van der Waals surface area contributed by atoms with E-state index in [0.717, 1.165) is 79.7 Å². The number of likely N-dealkylation sites (tertiary alicyclic amines) is 1. The maximum Gasteiger partial charge on any atom is 0.177 e. The summed E-state index contributed by atoms with van der Waals surface area (Å²) in [5, 5.41) is 17.5. The van der Waals surface area contributed by atoms with Gasteiger partial charge in [0.25, 0.3) is 0 Å². The molecule has 0 atom stereocenters. The molecule has 0 unspecified atom stereocenters. The quantitative estimate of drug-likeness (QED) is 0.710. The number of aryl methyl sites for hydroxylation is 1. The molecule has 0 aliphatic carbocycles. The van der Waals surface area contributed by atoms with E-state index in [1.807, 2.05) is 23.6 Å². The lowest BCUT2D eigenvalue weighted by atomic mass is 9.96. The van der Waals surface area contributed by atoms with Crippen molar-refractivity contribution in [2.75, 3.05) is 19.7 Å². The second-order valence-electron chi connectivity index (χ2n) is 7.19. The van der Waals surface area contributed by atoms with Crippen LogP contribution in [0.3, 0.4) is 0 Å². The van der Waals surface area contributed by atoms with Crippen molar-refractivity contribution in [3.05, 3.63) is 40.7 Å². The summed E-state index contributed by atoms with van der Waals surface area (Å²) >= 11 is 0. The molecule has 26 heavy (non-hydrogen) atoms. The fourth-order valence-corrected chi connectivity index (χ4v) is 3.92. The van der Waals surface area contributed by atoms with Gasteiger partial charge in [-0.15, -0.1) is 10.2 Å². The van der Waals surface area contributed by atoms with Crippen molar-refractivity contribution in [2.24, 2.45) is 0 Å². The normalized spacial score (nSPS) is 19.1. The van der Waals surface area contributed by atoms with Gasteiger partial charge in [-0.2, -0.15) is 9.61 Å². The molecule has 0 N–H and O–H groups in total. The zero-order valence-corrected chi connectivity index (χ0v) is 14.9. The predicted octanol–water partition coefficient (Wildman–Crippen LogP) is 1.87. The van der Waals surface area contributed by atoms with E-state index in [2.05, 4.69) is 25.4 Å². The van der Waals surface area contributed by atoms with Crippen LogP contribution in [0.2, 0.25) is 0 Å². The van der Waals surface area contributed by atoms with Gasteiger partial charge in [-0.25, -0.2) is 0 Å². The Hall–Kier alpha value is -2.32. The molecule has 5 heterocycles. The minimum Gasteiger partial charge on any atom is -0.376 e. The van der Waals surface area contributed by atoms with Gasteiger partial charge in [-0.1, -0.05) is 5.16 Å². The maximum absolute atomic E-state index is 5.56. The van der Waals surface area contributed by atoms with Gasteiger partial charge in [-0.3, -0.25) is 4.90 Å². The van der Waals surface area contributed by atoms with Gasteiger partial charge in [0, 0.05) is 24.4 Å². The number of aromatic nitrogens is 5. The molecule has 0 radical (unpaired) electrons. The number of rotatable bonds is 3. The first-order valence-electron chi connectivity index (χ1n) is 9.23. The lowest BCUT2D eigenvalue weighted by Crippen LogP contribution is -2.33. The van der Waals surface area contributed by atoms with Crippen LogP contribution in [0.5, 0.6) is 0 Å². The summed E-state index contributed by atoms with van der Waals surface area (Å²) in [5.74, 6) is 2.37. The maximum atomic E-state index is 5.56. The highest BCUT2D eigenvalue weighted by Gasteiger charge is 2.27. The largest absolute Gasteiger partial charge is 0.376 e. The summed E-state index contributed by atoms with van der Waals surface area (Å²) in [6, 6.07) is 3.95. The molecule has 0 saturated carbocycles. The van der Waals surface area contributed by atoms with Crippen LogP contribution in [0.25, 0.3) is 5.65 Å². The Balaban J connectivity index is 1.27. The van der Waals surface area contributed by atoms with E-state index in [0.29, 0.717) is 12.5 Å². The molecule has 8 nitrogen and oxygen atoms in total. The lowest BCUT2D eigenvalue weighted by Gasteiger charge is -2.30. The third kappa shape index (κ3) is 2.79. The first-order valence-corrected chi connectivity index (χ1v) is 9.23. The van der Waals surface area contributed by atoms with E-state index in [9.17, 15) is 0 Å². The minimum absolute atomic E-state index is 0.394. The smallest absolute Gasteiger partial charge is 0.177 e. The molecular formula is C18H22N6O2. The zero-order chi connectivity index (χ0) is 17.5. The Morgan fingerprint density at radius 3 is 2.96 bits per heavy atom. The third-order valence-corrected chi connectivity index (χ3v) is 5.42. The van der Waals surface area contributed by atoms with Crippen LogP contribution in [0.4, 0.5) is 0 Å². The van der Waals surface area contributed by atoms with Gasteiger partial charge >= 0.3 is 0 Å². The molecule has 5 rings (SSSR count). The van der Waals surface area contributed by atoms with Crippen molar-refractivity contribution in [3.63, 3.8) is 0 Å². The molecule has 136 valence electrons. The Morgan fingerprint density at radius 1 is 1.19 bits per heavy atom. The minimum atomic E-state index is 0.394. The summed E-state index contributed by atoms with van der Waals surface area (Å²) in [6.45, 7) is 6.19. The van der Waals surface area contributed by atoms with Gasteiger partial charge in [0.15, 0.2) is 11.5 Å². The number of ether oxygens (including phenoxy) is 1. The van der Waals surface area contributed by atoms with Crippen LogP contribution in [0.15, 0.2) is 16.7 Å². The fraction of sp³-hybridized carbons (Fsp3) is 0.556. The lowest BCUT2D eigenvalue weighted by molar-refractivity contribution is 0.102. The van der Waals surface area contributed by atoms with E-state index < -0.39 is 0 Å². The van der Waals surface area contributed by atoms with Crippen LogP contribution in [-0.2, 0) is 24.3 Å². The van der Waals surface area contributed by atoms with E-state index in [4.69, 9.17) is 9.26 Å². The standard InChI is InChI=1S/C18H22N6O2/c1-12-2-3-17-19-20-18(24(17)21-12)13-4-7-23(8-5-13)10-15-14-11-25-9-6-16(14)26-22-15/h2-3,13H,4-11H2,1H3. The van der Waals surface area contributed by atoms with Crippen LogP contribution in [0, 0.1) is 6.92 Å². The zero-order valence-electron chi connectivity index (χ0n) is 14.9. The summed E-state index contributed by atoms with van der Waals surface area (Å²) in [6.07, 6.45) is 2.93. The summed E-state index contributed by atoms with van der Waals surface area (Å²) in [7, 11) is 0. The van der Waals surface area contributed by atoms with Crippen molar-refractivity contribution >= 4 is 5.65 Å². The first-order chi connectivity index (χ1) is 12.8. The fourth-order valence-electron chi connectivity index (χ4n) is 3.92. The summed E-state index contributed by atoms with van der Waals surface area (Å²) in [4.78, 5) is 2.44. The second kappa shape index (κ2) is 6.44. The number of fused-ring (bicyclic) bond motifs is 2. The van der Waals surface area contributed by atoms with Crippen molar-refractivity contribution in [1.29, 1.82) is 0 Å². The third-order valence-electron chi connectivity index (χ3n) is 5.42. The van der Waals surface area contributed by atoms with Crippen molar-refractivity contribution < 1.29 is 9.26 Å². The Morgan fingerprint density at radius 2 is 2.08 bits per heavy atom. The number of piperidine rings is 1. The van der Waals surface area contributed by atoms with Gasteiger partial charge in [0.1, 0.15) is 11.5 Å². The average Bonchev–Trinajstić information content (AvgIpc) is 3.27. The highest BCUT2D eigenvalue weighted by atomic mass is 16.5. The Labute approximate surface area is 151 Å². The molecule has 3 aromatic rings. The molecule has 0 bridgehead atoms. The molecule has 8 heteroatoms. The second-order valence-corrected chi connectivity index (χ2v) is 7.19. The molecule has 0 spiro atoms. The summed E-state index contributed by atoms with van der Waals surface area (Å²) in [5.41, 5.74) is 3.99. The van der Waals surface area contributed by atoms with Crippen LogP contribution < -0.4 is 0 Å². The molecule has 2 aliphatic heterocycles. The van der Waals surface area contributed by atoms with Crippen molar-refractivity contribution in [1.82, 2.24) is 29.9 Å². The SMILES string of the molecule is Cc1ccc2nnc(C3CCN(Cc4noc5c4COCC5)CC3)n2n1. The van der Waals surface area contributed by atoms with Crippen LogP contribution in [0.1, 0.15) is 47.3 Å². The Bertz CT molecular complexity index is 925. The monoisotopic (exact) mass is 354 g/mol. The highest BCUT2D eigenvalue weighted by Crippen LogP contribution is 2.29. The number of hydrogen-bond acceptors (Lipinski definition) is 7. The molecule has 2 aliphatic rings. The van der Waals surface area contributed by atoms with Gasteiger partial charge in [-0.05, 0) is 45.0 Å². The Kier molecular flexibility index (Phi) is 3.94. The van der Waals surface area contributed by atoms with Crippen LogP contribution >= 0.6 is 0 Å². The molecule has 0 amide bonds. The van der Waals surface area contributed by atoms with E-state index in [1.165, 1.54) is 0 Å². The van der Waals surface area contributed by atoms with E-state index >= 15 is 0 Å². The van der Waals surface area contributed by atoms with Gasteiger partial charge in [0.2, 0.25) is 0 Å². The molecule has 0 aromatic carbocycles. The van der Waals surface area contributed by atoms with E-state index in [1.54, 1.807) is 0 Å². The van der Waals surface area contributed by atoms with Crippen molar-refractivity contribution in [3.8, 4) is 0 Å². The van der Waals surface area contributed by atoms with Crippen molar-refractivity contribution in [2.45, 2.75) is 45.3 Å². The molecule has 1 fully saturated rings. The number of nitrogens with zero attached hydrogens (tertiary/aromatic N) is 6. The molecule has 1 saturated heterocycles. The predicted molar refractivity (Wildman–Crippen MR) is 92.6 cm³/mol. The molecule has 3 aromatic heterocycles. The van der Waals surface area contributed by atoms with Crippen LogP contribution in [-0.4, -0.2) is 49.6 Å². The highest BCUT2D eigenvalue weighted by molar-refractivity contribution is 5.36. The number of hydrogen-bond donors (Lipinski definition) is 0. The topological polar surface area (TPSA) is 81.6 Å². The molecular weight excluding hydrogens is 332 g/mol. The van der Waals surface area contributed by atoms with Gasteiger partial charge in [0.05, 0.1) is 18.9 Å². The average molecular weight is 354 g/mol. The first kappa shape index (κ1) is 15.9. The van der Waals surface area contributed by atoms with E-state index in [-0.39, 0.29) is 0 Å². The summed E-state index contributed by atoms with van der Waals surface area (Å²) < 4.78 is 12.9.